The van der Waals surface area contributed by atoms with Crippen LogP contribution in [0.4, 0.5) is 4.79 Å². The number of hydrogen-bond acceptors (Lipinski definition) is 4. The highest BCUT2D eigenvalue weighted by Crippen LogP contribution is 2.16. The Kier molecular flexibility index (Phi) is 4.97. The first-order valence-electron chi connectivity index (χ1n) is 6.55. The Balaban J connectivity index is 1.83. The highest BCUT2D eigenvalue weighted by molar-refractivity contribution is 7.11. The number of hydrogen-bond donors (Lipinski definition) is 2. The summed E-state index contributed by atoms with van der Waals surface area (Å²) in [5.74, 6) is -1.03. The molecule has 1 fully saturated rings. The van der Waals surface area contributed by atoms with E-state index in [9.17, 15) is 9.59 Å². The zero-order chi connectivity index (χ0) is 14.5. The number of thiophene rings is 1. The number of amides is 2. The molecule has 0 spiro atoms. The van der Waals surface area contributed by atoms with Crippen LogP contribution >= 0.6 is 11.3 Å². The molecule has 1 aliphatic rings. The fraction of sp³-hybridized carbons (Fsp3) is 0.538. The van der Waals surface area contributed by atoms with Crippen molar-refractivity contribution in [2.75, 3.05) is 19.7 Å². The van der Waals surface area contributed by atoms with Crippen molar-refractivity contribution >= 4 is 23.3 Å². The molecular formula is C13H18N2O4S. The Morgan fingerprint density at radius 1 is 1.50 bits per heavy atom. The number of aliphatic carboxylic acids is 1. The highest BCUT2D eigenvalue weighted by Gasteiger charge is 2.28. The average Bonchev–Trinajstić information content (AvgIpc) is 2.93. The van der Waals surface area contributed by atoms with Crippen LogP contribution in [-0.2, 0) is 22.5 Å². The van der Waals surface area contributed by atoms with Crippen LogP contribution in [0.3, 0.4) is 0 Å². The molecule has 2 rings (SSSR count). The smallest absolute Gasteiger partial charge is 0.334 e. The van der Waals surface area contributed by atoms with Crippen LogP contribution in [-0.4, -0.2) is 47.8 Å². The molecule has 0 radical (unpaired) electrons. The van der Waals surface area contributed by atoms with Gasteiger partial charge in [0.2, 0.25) is 0 Å². The van der Waals surface area contributed by atoms with E-state index in [1.807, 2.05) is 6.07 Å². The Hall–Kier alpha value is -1.60. The molecular weight excluding hydrogens is 280 g/mol. The van der Waals surface area contributed by atoms with Gasteiger partial charge in [-0.05, 0) is 18.6 Å². The zero-order valence-corrected chi connectivity index (χ0v) is 12.1. The molecule has 20 heavy (non-hydrogen) atoms. The molecule has 2 N–H and O–H groups in total. The Labute approximate surface area is 121 Å². The molecule has 0 aliphatic carbocycles. The van der Waals surface area contributed by atoms with E-state index in [0.29, 0.717) is 13.1 Å². The number of carboxylic acid groups (broad SMARTS) is 1. The van der Waals surface area contributed by atoms with Gasteiger partial charge >= 0.3 is 12.0 Å². The van der Waals surface area contributed by atoms with Crippen molar-refractivity contribution in [3.05, 3.63) is 21.9 Å². The van der Waals surface area contributed by atoms with Crippen LogP contribution in [0.25, 0.3) is 0 Å². The first-order chi connectivity index (χ1) is 9.60. The molecule has 1 aromatic rings. The van der Waals surface area contributed by atoms with Crippen LogP contribution in [0.15, 0.2) is 12.1 Å². The maximum Gasteiger partial charge on any atom is 0.334 e. The third kappa shape index (κ3) is 3.71. The lowest BCUT2D eigenvalue weighted by Crippen LogP contribution is -2.51. The van der Waals surface area contributed by atoms with Crippen molar-refractivity contribution in [3.63, 3.8) is 0 Å². The lowest BCUT2D eigenvalue weighted by molar-refractivity contribution is -0.154. The number of morpholine rings is 1. The minimum atomic E-state index is -1.03. The third-order valence-corrected chi connectivity index (χ3v) is 4.34. The van der Waals surface area contributed by atoms with E-state index < -0.39 is 12.1 Å². The van der Waals surface area contributed by atoms with Crippen LogP contribution < -0.4 is 5.32 Å². The van der Waals surface area contributed by atoms with Gasteiger partial charge in [0.15, 0.2) is 6.10 Å². The molecule has 1 atom stereocenters. The second-order valence-corrected chi connectivity index (χ2v) is 5.78. The monoisotopic (exact) mass is 298 g/mol. The van der Waals surface area contributed by atoms with Crippen LogP contribution in [0.1, 0.15) is 16.7 Å². The van der Waals surface area contributed by atoms with Gasteiger partial charge in [0, 0.05) is 16.3 Å². The summed E-state index contributed by atoms with van der Waals surface area (Å²) in [7, 11) is 0. The van der Waals surface area contributed by atoms with E-state index >= 15 is 0 Å². The van der Waals surface area contributed by atoms with Gasteiger partial charge in [0.05, 0.1) is 19.7 Å². The minimum absolute atomic E-state index is 0.0891. The molecule has 6 nitrogen and oxygen atoms in total. The summed E-state index contributed by atoms with van der Waals surface area (Å²) in [4.78, 5) is 26.7. The van der Waals surface area contributed by atoms with E-state index in [-0.39, 0.29) is 19.2 Å². The maximum absolute atomic E-state index is 12.0. The number of nitrogens with one attached hydrogen (secondary N) is 1. The number of urea groups is 1. The van der Waals surface area contributed by atoms with Gasteiger partial charge in [-0.15, -0.1) is 11.3 Å². The third-order valence-electron chi connectivity index (χ3n) is 3.11. The van der Waals surface area contributed by atoms with E-state index in [1.165, 1.54) is 9.78 Å². The van der Waals surface area contributed by atoms with Crippen molar-refractivity contribution in [1.82, 2.24) is 10.2 Å². The second-order valence-electron chi connectivity index (χ2n) is 4.52. The summed E-state index contributed by atoms with van der Waals surface area (Å²) >= 11 is 1.67. The van der Waals surface area contributed by atoms with Gasteiger partial charge in [-0.1, -0.05) is 6.92 Å². The Morgan fingerprint density at radius 2 is 2.25 bits per heavy atom. The summed E-state index contributed by atoms with van der Waals surface area (Å²) in [5, 5.41) is 11.7. The normalized spacial score (nSPS) is 18.9. The van der Waals surface area contributed by atoms with Gasteiger partial charge in [0.1, 0.15) is 0 Å². The van der Waals surface area contributed by atoms with Crippen molar-refractivity contribution in [1.29, 1.82) is 0 Å². The fourth-order valence-corrected chi connectivity index (χ4v) is 2.86. The summed E-state index contributed by atoms with van der Waals surface area (Å²) in [6, 6.07) is 3.82. The Bertz CT molecular complexity index is 488. The van der Waals surface area contributed by atoms with E-state index in [1.54, 1.807) is 11.3 Å². The average molecular weight is 298 g/mol. The summed E-state index contributed by atoms with van der Waals surface area (Å²) < 4.78 is 5.08. The molecule has 0 bridgehead atoms. The number of rotatable bonds is 4. The Morgan fingerprint density at radius 3 is 2.90 bits per heavy atom. The first-order valence-corrected chi connectivity index (χ1v) is 7.36. The standard InChI is InChI=1S/C13H18N2O4S/c1-2-9-3-4-10(20-9)7-14-13(18)15-5-6-19-11(8-15)12(16)17/h3-4,11H,2,5-8H2,1H3,(H,14,18)(H,16,17). The molecule has 0 aromatic carbocycles. The van der Waals surface area contributed by atoms with Gasteiger partial charge in [0.25, 0.3) is 0 Å². The number of carbonyl (C=O) groups excluding carboxylic acids is 1. The summed E-state index contributed by atoms with van der Waals surface area (Å²) in [6.07, 6.45) is 0.0606. The first kappa shape index (κ1) is 14.8. The maximum atomic E-state index is 12.0. The molecule has 1 aliphatic heterocycles. The summed E-state index contributed by atoms with van der Waals surface area (Å²) in [5.41, 5.74) is 0. The van der Waals surface area contributed by atoms with E-state index in [0.717, 1.165) is 11.3 Å². The largest absolute Gasteiger partial charge is 0.479 e. The zero-order valence-electron chi connectivity index (χ0n) is 11.3. The molecule has 1 unspecified atom stereocenters. The summed E-state index contributed by atoms with van der Waals surface area (Å²) in [6.45, 7) is 3.32. The molecule has 110 valence electrons. The second kappa shape index (κ2) is 6.71. The predicted octanol–water partition coefficient (Wildman–Crippen LogP) is 1.31. The van der Waals surface area contributed by atoms with Crippen molar-refractivity contribution in [2.24, 2.45) is 0 Å². The molecule has 2 heterocycles. The number of ether oxygens (including phenoxy) is 1. The molecule has 7 heteroatoms. The lowest BCUT2D eigenvalue weighted by atomic mass is 10.3. The quantitative estimate of drug-likeness (QED) is 0.878. The van der Waals surface area contributed by atoms with Crippen molar-refractivity contribution < 1.29 is 19.4 Å². The van der Waals surface area contributed by atoms with Gasteiger partial charge in [-0.25, -0.2) is 9.59 Å². The van der Waals surface area contributed by atoms with E-state index in [4.69, 9.17) is 9.84 Å². The van der Waals surface area contributed by atoms with Crippen molar-refractivity contribution in [2.45, 2.75) is 26.0 Å². The highest BCUT2D eigenvalue weighted by atomic mass is 32.1. The predicted molar refractivity (Wildman–Crippen MR) is 74.9 cm³/mol. The van der Waals surface area contributed by atoms with Crippen LogP contribution in [0.5, 0.6) is 0 Å². The van der Waals surface area contributed by atoms with Gasteiger partial charge in [-0.2, -0.15) is 0 Å². The number of carbonyl (C=O) groups is 2. The molecule has 2 amide bonds. The van der Waals surface area contributed by atoms with E-state index in [2.05, 4.69) is 18.3 Å². The lowest BCUT2D eigenvalue weighted by Gasteiger charge is -2.30. The molecule has 1 saturated heterocycles. The topological polar surface area (TPSA) is 78.9 Å². The van der Waals surface area contributed by atoms with Gasteiger partial charge < -0.3 is 20.1 Å². The fourth-order valence-electron chi connectivity index (χ4n) is 1.97. The van der Waals surface area contributed by atoms with Gasteiger partial charge in [-0.3, -0.25) is 0 Å². The minimum Gasteiger partial charge on any atom is -0.479 e. The number of carboxylic acids is 1. The molecule has 0 saturated carbocycles. The number of nitrogens with zero attached hydrogens (tertiary/aromatic N) is 1. The SMILES string of the molecule is CCc1ccc(CNC(=O)N2CCOC(C(=O)O)C2)s1. The van der Waals surface area contributed by atoms with Crippen LogP contribution in [0, 0.1) is 0 Å². The number of aryl methyl sites for hydroxylation is 1. The molecule has 1 aromatic heterocycles. The van der Waals surface area contributed by atoms with Crippen LogP contribution in [0.2, 0.25) is 0 Å². The van der Waals surface area contributed by atoms with Crippen molar-refractivity contribution in [3.8, 4) is 0 Å².